The van der Waals surface area contributed by atoms with E-state index in [9.17, 15) is 0 Å². The van der Waals surface area contributed by atoms with E-state index in [4.69, 9.17) is 0 Å². The average Bonchev–Trinajstić information content (AvgIpc) is 2.46. The van der Waals surface area contributed by atoms with E-state index in [0.29, 0.717) is 0 Å². The summed E-state index contributed by atoms with van der Waals surface area (Å²) in [5, 5.41) is 7.48. The molecule has 0 atom stereocenters. The molecular formula is C8H12N4. The molecule has 0 aromatic carbocycles. The minimum absolute atomic E-state index is 0.749. The van der Waals surface area contributed by atoms with Crippen molar-refractivity contribution < 1.29 is 0 Å². The van der Waals surface area contributed by atoms with Gasteiger partial charge in [0, 0.05) is 13.1 Å². The lowest BCUT2D eigenvalue weighted by molar-refractivity contribution is 0.564. The molecule has 4 heteroatoms. The first-order chi connectivity index (χ1) is 5.77. The molecule has 2 heterocycles. The average molecular weight is 164 g/mol. The molecule has 64 valence electrons. The van der Waals surface area contributed by atoms with E-state index >= 15 is 0 Å². The molecule has 2 rings (SSSR count). The highest BCUT2D eigenvalue weighted by atomic mass is 15.4. The van der Waals surface area contributed by atoms with Gasteiger partial charge in [0.15, 0.2) is 5.82 Å². The number of allylic oxidation sites excluding steroid dienone is 1. The van der Waals surface area contributed by atoms with Crippen LogP contribution < -0.4 is 5.32 Å². The maximum atomic E-state index is 4.29. The number of aromatic nitrogens is 3. The molecule has 0 saturated heterocycles. The number of anilines is 1. The second kappa shape index (κ2) is 2.62. The summed E-state index contributed by atoms with van der Waals surface area (Å²) in [7, 11) is 0. The molecule has 0 unspecified atom stereocenters. The third-order valence-corrected chi connectivity index (χ3v) is 1.88. The van der Waals surface area contributed by atoms with Crippen LogP contribution in [0.15, 0.2) is 6.58 Å². The Labute approximate surface area is 71.3 Å². The van der Waals surface area contributed by atoms with Gasteiger partial charge in [0.2, 0.25) is 5.95 Å². The summed E-state index contributed by atoms with van der Waals surface area (Å²) in [6, 6.07) is 0. The molecule has 0 fully saturated rings. The molecule has 1 aromatic rings. The van der Waals surface area contributed by atoms with Gasteiger partial charge in [0.25, 0.3) is 0 Å². The zero-order valence-electron chi connectivity index (χ0n) is 7.17. The molecule has 0 bridgehead atoms. The second-order valence-electron chi connectivity index (χ2n) is 3.04. The minimum atomic E-state index is 0.749. The van der Waals surface area contributed by atoms with Crippen LogP contribution in [0, 0.1) is 0 Å². The van der Waals surface area contributed by atoms with Gasteiger partial charge in [-0.05, 0) is 18.9 Å². The predicted octanol–water partition coefficient (Wildman–Crippen LogP) is 1.13. The number of aryl methyl sites for hydroxylation is 1. The van der Waals surface area contributed by atoms with E-state index in [0.717, 1.165) is 36.9 Å². The van der Waals surface area contributed by atoms with Crippen LogP contribution in [0.4, 0.5) is 5.95 Å². The summed E-state index contributed by atoms with van der Waals surface area (Å²) in [5.41, 5.74) is 0.915. The number of hydrogen-bond donors (Lipinski definition) is 1. The van der Waals surface area contributed by atoms with Crippen molar-refractivity contribution in [3.8, 4) is 0 Å². The Morgan fingerprint density at radius 1 is 1.67 bits per heavy atom. The number of hydrogen-bond acceptors (Lipinski definition) is 3. The molecule has 0 spiro atoms. The van der Waals surface area contributed by atoms with Gasteiger partial charge in [0.05, 0.1) is 0 Å². The third-order valence-electron chi connectivity index (χ3n) is 1.88. The fourth-order valence-corrected chi connectivity index (χ4v) is 1.24. The molecule has 0 saturated carbocycles. The topological polar surface area (TPSA) is 42.7 Å². The lowest BCUT2D eigenvalue weighted by Gasteiger charge is -2.12. The first-order valence-corrected chi connectivity index (χ1v) is 4.12. The zero-order valence-corrected chi connectivity index (χ0v) is 7.17. The van der Waals surface area contributed by atoms with Crippen LogP contribution in [0.2, 0.25) is 0 Å². The minimum Gasteiger partial charge on any atom is -0.354 e. The highest BCUT2D eigenvalue weighted by molar-refractivity contribution is 5.55. The fourth-order valence-electron chi connectivity index (χ4n) is 1.24. The smallest absolute Gasteiger partial charge is 0.221 e. The molecular weight excluding hydrogens is 152 g/mol. The predicted molar refractivity (Wildman–Crippen MR) is 47.8 cm³/mol. The van der Waals surface area contributed by atoms with E-state index < -0.39 is 0 Å². The summed E-state index contributed by atoms with van der Waals surface area (Å²) in [6.07, 6.45) is 1.12. The van der Waals surface area contributed by atoms with Crippen molar-refractivity contribution >= 4 is 11.5 Å². The SMILES string of the molecule is C=C(C)c1nc2n(n1)CCCN2. The van der Waals surface area contributed by atoms with Crippen molar-refractivity contribution in [3.63, 3.8) is 0 Å². The van der Waals surface area contributed by atoms with Crippen molar-refractivity contribution in [3.05, 3.63) is 12.4 Å². The molecule has 0 amide bonds. The fraction of sp³-hybridized carbons (Fsp3) is 0.500. The molecule has 0 aliphatic carbocycles. The number of rotatable bonds is 1. The normalized spacial score (nSPS) is 15.1. The van der Waals surface area contributed by atoms with Crippen LogP contribution in [0.25, 0.3) is 5.57 Å². The lowest BCUT2D eigenvalue weighted by Crippen LogP contribution is -2.17. The van der Waals surface area contributed by atoms with E-state index in [2.05, 4.69) is 22.0 Å². The van der Waals surface area contributed by atoms with E-state index in [1.54, 1.807) is 0 Å². The Morgan fingerprint density at radius 3 is 3.17 bits per heavy atom. The molecule has 1 aromatic heterocycles. The van der Waals surface area contributed by atoms with Crippen LogP contribution >= 0.6 is 0 Å². The van der Waals surface area contributed by atoms with Crippen molar-refractivity contribution in [2.24, 2.45) is 0 Å². The standard InChI is InChI=1S/C8H12N4/c1-6(2)7-10-8-9-4-3-5-12(8)11-7/h1,3-5H2,2H3,(H,9,10,11). The van der Waals surface area contributed by atoms with Crippen molar-refractivity contribution in [1.82, 2.24) is 14.8 Å². The van der Waals surface area contributed by atoms with E-state index in [-0.39, 0.29) is 0 Å². The first-order valence-electron chi connectivity index (χ1n) is 4.12. The van der Waals surface area contributed by atoms with Crippen LogP contribution in [-0.2, 0) is 6.54 Å². The Morgan fingerprint density at radius 2 is 2.50 bits per heavy atom. The summed E-state index contributed by atoms with van der Waals surface area (Å²) in [4.78, 5) is 4.29. The summed E-state index contributed by atoms with van der Waals surface area (Å²) in [5.74, 6) is 1.62. The van der Waals surface area contributed by atoms with Gasteiger partial charge in [-0.3, -0.25) is 0 Å². The van der Waals surface area contributed by atoms with Crippen LogP contribution in [0.3, 0.4) is 0 Å². The monoisotopic (exact) mass is 164 g/mol. The molecule has 0 radical (unpaired) electrons. The summed E-state index contributed by atoms with van der Waals surface area (Å²) < 4.78 is 1.90. The Hall–Kier alpha value is -1.32. The number of nitrogens with zero attached hydrogens (tertiary/aromatic N) is 3. The Balaban J connectivity index is 2.38. The molecule has 1 aliphatic rings. The van der Waals surface area contributed by atoms with Gasteiger partial charge in [0.1, 0.15) is 0 Å². The van der Waals surface area contributed by atoms with Crippen LogP contribution in [0.1, 0.15) is 19.2 Å². The Bertz CT molecular complexity index is 289. The molecule has 12 heavy (non-hydrogen) atoms. The van der Waals surface area contributed by atoms with E-state index in [1.807, 2.05) is 11.6 Å². The molecule has 1 N–H and O–H groups in total. The molecule has 4 nitrogen and oxygen atoms in total. The van der Waals surface area contributed by atoms with Crippen molar-refractivity contribution in [2.45, 2.75) is 19.9 Å². The maximum Gasteiger partial charge on any atom is 0.221 e. The summed E-state index contributed by atoms with van der Waals surface area (Å²) in [6.45, 7) is 7.68. The van der Waals surface area contributed by atoms with E-state index in [1.165, 1.54) is 0 Å². The van der Waals surface area contributed by atoms with Gasteiger partial charge in [-0.15, -0.1) is 5.10 Å². The van der Waals surface area contributed by atoms with Gasteiger partial charge < -0.3 is 5.32 Å². The largest absolute Gasteiger partial charge is 0.354 e. The van der Waals surface area contributed by atoms with Crippen LogP contribution in [0.5, 0.6) is 0 Å². The summed E-state index contributed by atoms with van der Waals surface area (Å²) >= 11 is 0. The van der Waals surface area contributed by atoms with Crippen LogP contribution in [-0.4, -0.2) is 21.3 Å². The second-order valence-corrected chi connectivity index (χ2v) is 3.04. The third kappa shape index (κ3) is 1.09. The number of nitrogens with one attached hydrogen (secondary N) is 1. The highest BCUT2D eigenvalue weighted by Gasteiger charge is 2.12. The number of fused-ring (bicyclic) bond motifs is 1. The highest BCUT2D eigenvalue weighted by Crippen LogP contribution is 2.14. The van der Waals surface area contributed by atoms with Crippen molar-refractivity contribution in [1.29, 1.82) is 0 Å². The molecule has 1 aliphatic heterocycles. The van der Waals surface area contributed by atoms with Gasteiger partial charge in [-0.1, -0.05) is 6.58 Å². The Kier molecular flexibility index (Phi) is 1.60. The van der Waals surface area contributed by atoms with Gasteiger partial charge >= 0.3 is 0 Å². The van der Waals surface area contributed by atoms with Crippen molar-refractivity contribution in [2.75, 3.05) is 11.9 Å². The lowest BCUT2D eigenvalue weighted by atomic mass is 10.3. The van der Waals surface area contributed by atoms with Gasteiger partial charge in [-0.25, -0.2) is 4.68 Å². The first kappa shape index (κ1) is 7.34. The van der Waals surface area contributed by atoms with Gasteiger partial charge in [-0.2, -0.15) is 4.98 Å². The quantitative estimate of drug-likeness (QED) is 0.676. The zero-order chi connectivity index (χ0) is 8.55. The maximum absolute atomic E-state index is 4.29.